The summed E-state index contributed by atoms with van der Waals surface area (Å²) in [6, 6.07) is -0.0424. The van der Waals surface area contributed by atoms with Crippen LogP contribution in [0.15, 0.2) is 6.33 Å². The molecule has 2 N–H and O–H groups in total. The van der Waals surface area contributed by atoms with Gasteiger partial charge in [-0.2, -0.15) is 0 Å². The number of anilines is 2. The van der Waals surface area contributed by atoms with Crippen molar-refractivity contribution < 1.29 is 8.42 Å². The van der Waals surface area contributed by atoms with Crippen molar-refractivity contribution in [1.82, 2.24) is 9.97 Å². The van der Waals surface area contributed by atoms with Gasteiger partial charge in [0.25, 0.3) is 0 Å². The predicted octanol–water partition coefficient (Wildman–Crippen LogP) is 1.46. The van der Waals surface area contributed by atoms with Crippen molar-refractivity contribution >= 4 is 21.5 Å². The van der Waals surface area contributed by atoms with Gasteiger partial charge in [0.15, 0.2) is 9.84 Å². The molecule has 1 atom stereocenters. The van der Waals surface area contributed by atoms with E-state index in [1.807, 2.05) is 6.92 Å². The van der Waals surface area contributed by atoms with Gasteiger partial charge in [0.2, 0.25) is 0 Å². The average molecular weight is 298 g/mol. The molecule has 0 saturated carbocycles. The zero-order chi connectivity index (χ0) is 14.6. The Labute approximate surface area is 120 Å². The van der Waals surface area contributed by atoms with E-state index < -0.39 is 9.84 Å². The zero-order valence-corrected chi connectivity index (χ0v) is 12.8. The third-order valence-electron chi connectivity index (χ3n) is 3.41. The van der Waals surface area contributed by atoms with E-state index >= 15 is 0 Å². The molecule has 0 spiro atoms. The first-order chi connectivity index (χ1) is 9.55. The lowest BCUT2D eigenvalue weighted by Gasteiger charge is -2.17. The Kier molecular flexibility index (Phi) is 4.80. The van der Waals surface area contributed by atoms with Gasteiger partial charge < -0.3 is 10.6 Å². The topological polar surface area (TPSA) is 84.0 Å². The highest BCUT2D eigenvalue weighted by molar-refractivity contribution is 7.91. The van der Waals surface area contributed by atoms with Crippen molar-refractivity contribution in [2.45, 2.75) is 39.2 Å². The van der Waals surface area contributed by atoms with Crippen LogP contribution >= 0.6 is 0 Å². The molecule has 1 fully saturated rings. The van der Waals surface area contributed by atoms with Crippen molar-refractivity contribution in [3.8, 4) is 0 Å². The maximum Gasteiger partial charge on any atom is 0.152 e. The lowest BCUT2D eigenvalue weighted by Crippen LogP contribution is -2.22. The van der Waals surface area contributed by atoms with Crippen LogP contribution in [-0.4, -0.2) is 42.5 Å². The van der Waals surface area contributed by atoms with E-state index in [1.165, 1.54) is 6.33 Å². The van der Waals surface area contributed by atoms with Crippen LogP contribution in [0.4, 0.5) is 11.6 Å². The summed E-state index contributed by atoms with van der Waals surface area (Å²) in [5.41, 5.74) is 1.02. The number of hydrogen-bond acceptors (Lipinski definition) is 6. The quantitative estimate of drug-likeness (QED) is 0.827. The third kappa shape index (κ3) is 3.59. The minimum absolute atomic E-state index is 0.0424. The van der Waals surface area contributed by atoms with Crippen molar-refractivity contribution in [3.63, 3.8) is 0 Å². The highest BCUT2D eigenvalue weighted by Gasteiger charge is 2.28. The Morgan fingerprint density at radius 3 is 2.65 bits per heavy atom. The van der Waals surface area contributed by atoms with E-state index in [1.54, 1.807) is 0 Å². The van der Waals surface area contributed by atoms with E-state index in [0.29, 0.717) is 6.42 Å². The van der Waals surface area contributed by atoms with Crippen LogP contribution in [0.1, 0.15) is 32.3 Å². The largest absolute Gasteiger partial charge is 0.370 e. The van der Waals surface area contributed by atoms with E-state index in [4.69, 9.17) is 0 Å². The first kappa shape index (κ1) is 15.0. The molecule has 0 amide bonds. The predicted molar refractivity (Wildman–Crippen MR) is 80.9 cm³/mol. The van der Waals surface area contributed by atoms with Crippen LogP contribution in [0.25, 0.3) is 0 Å². The summed E-state index contributed by atoms with van der Waals surface area (Å²) in [5.74, 6) is 2.05. The lowest BCUT2D eigenvalue weighted by atomic mass is 10.2. The standard InChI is InChI=1S/C13H22N4O2S/c1-3-6-14-12-11(4-2)13(16-9-15-12)17-10-5-7-20(18,19)8-10/h9-10H,3-8H2,1-2H3,(H2,14,15,16,17). The van der Waals surface area contributed by atoms with Gasteiger partial charge >= 0.3 is 0 Å². The fourth-order valence-corrected chi connectivity index (χ4v) is 4.04. The summed E-state index contributed by atoms with van der Waals surface area (Å²) in [6.45, 7) is 5.01. The van der Waals surface area contributed by atoms with Gasteiger partial charge in [0, 0.05) is 18.2 Å². The van der Waals surface area contributed by atoms with Gasteiger partial charge in [-0.15, -0.1) is 0 Å². The molecule has 7 heteroatoms. The fourth-order valence-electron chi connectivity index (χ4n) is 2.37. The number of rotatable bonds is 6. The third-order valence-corrected chi connectivity index (χ3v) is 5.18. The van der Waals surface area contributed by atoms with Crippen LogP contribution in [0.3, 0.4) is 0 Å². The molecule has 6 nitrogen and oxygen atoms in total. The first-order valence-corrected chi connectivity index (χ1v) is 8.92. The molecule has 0 aromatic carbocycles. The molecule has 1 saturated heterocycles. The van der Waals surface area contributed by atoms with E-state index in [0.717, 1.165) is 36.6 Å². The van der Waals surface area contributed by atoms with Crippen molar-refractivity contribution in [2.24, 2.45) is 0 Å². The van der Waals surface area contributed by atoms with Crippen molar-refractivity contribution in [3.05, 3.63) is 11.9 Å². The summed E-state index contributed by atoms with van der Waals surface area (Å²) < 4.78 is 23.0. The Hall–Kier alpha value is -1.37. The molecule has 1 aromatic heterocycles. The van der Waals surface area contributed by atoms with E-state index in [-0.39, 0.29) is 17.5 Å². The van der Waals surface area contributed by atoms with Crippen LogP contribution in [-0.2, 0) is 16.3 Å². The fraction of sp³-hybridized carbons (Fsp3) is 0.692. The lowest BCUT2D eigenvalue weighted by molar-refractivity contribution is 0.602. The molecule has 1 aliphatic heterocycles. The van der Waals surface area contributed by atoms with Crippen LogP contribution < -0.4 is 10.6 Å². The molecule has 2 heterocycles. The normalized spacial score (nSPS) is 20.8. The maximum atomic E-state index is 11.5. The van der Waals surface area contributed by atoms with E-state index in [2.05, 4.69) is 27.5 Å². The second-order valence-electron chi connectivity index (χ2n) is 5.07. The Balaban J connectivity index is 2.15. The number of nitrogens with one attached hydrogen (secondary N) is 2. The molecule has 0 radical (unpaired) electrons. The van der Waals surface area contributed by atoms with Gasteiger partial charge in [-0.05, 0) is 19.3 Å². The number of aromatic nitrogens is 2. The molecule has 20 heavy (non-hydrogen) atoms. The molecular weight excluding hydrogens is 276 g/mol. The Bertz CT molecular complexity index is 559. The highest BCUT2D eigenvalue weighted by Crippen LogP contribution is 2.23. The molecule has 0 bridgehead atoms. The van der Waals surface area contributed by atoms with Crippen molar-refractivity contribution in [1.29, 1.82) is 0 Å². The van der Waals surface area contributed by atoms with Crippen LogP contribution in [0, 0.1) is 0 Å². The average Bonchev–Trinajstić information content (AvgIpc) is 2.75. The molecule has 112 valence electrons. The van der Waals surface area contributed by atoms with Crippen molar-refractivity contribution in [2.75, 3.05) is 28.7 Å². The maximum absolute atomic E-state index is 11.5. The first-order valence-electron chi connectivity index (χ1n) is 7.10. The molecule has 1 aromatic rings. The van der Waals surface area contributed by atoms with Gasteiger partial charge in [-0.3, -0.25) is 0 Å². The summed E-state index contributed by atoms with van der Waals surface area (Å²) >= 11 is 0. The van der Waals surface area contributed by atoms with Gasteiger partial charge in [0.1, 0.15) is 18.0 Å². The minimum Gasteiger partial charge on any atom is -0.370 e. The molecule has 2 rings (SSSR count). The number of nitrogens with zero attached hydrogens (tertiary/aromatic N) is 2. The Morgan fingerprint density at radius 2 is 2.05 bits per heavy atom. The van der Waals surface area contributed by atoms with Gasteiger partial charge in [-0.25, -0.2) is 18.4 Å². The second kappa shape index (κ2) is 6.39. The number of hydrogen-bond donors (Lipinski definition) is 2. The second-order valence-corrected chi connectivity index (χ2v) is 7.30. The molecular formula is C13H22N4O2S. The summed E-state index contributed by atoms with van der Waals surface area (Å²) in [5, 5.41) is 6.55. The van der Waals surface area contributed by atoms with Gasteiger partial charge in [0.05, 0.1) is 11.5 Å². The zero-order valence-electron chi connectivity index (χ0n) is 12.0. The number of sulfone groups is 1. The minimum atomic E-state index is -2.88. The molecule has 1 aliphatic rings. The summed E-state index contributed by atoms with van der Waals surface area (Å²) in [4.78, 5) is 8.54. The summed E-state index contributed by atoms with van der Waals surface area (Å²) in [6.07, 6.45) is 3.99. The van der Waals surface area contributed by atoms with E-state index in [9.17, 15) is 8.42 Å². The van der Waals surface area contributed by atoms with Crippen LogP contribution in [0.2, 0.25) is 0 Å². The highest BCUT2D eigenvalue weighted by atomic mass is 32.2. The smallest absolute Gasteiger partial charge is 0.152 e. The Morgan fingerprint density at radius 1 is 1.30 bits per heavy atom. The SMILES string of the molecule is CCCNc1ncnc(NC2CCS(=O)(=O)C2)c1CC. The monoisotopic (exact) mass is 298 g/mol. The summed E-state index contributed by atoms with van der Waals surface area (Å²) in [7, 11) is -2.88. The molecule has 1 unspecified atom stereocenters. The van der Waals surface area contributed by atoms with Gasteiger partial charge in [-0.1, -0.05) is 13.8 Å². The van der Waals surface area contributed by atoms with Crippen LogP contribution in [0.5, 0.6) is 0 Å². The molecule has 0 aliphatic carbocycles.